The van der Waals surface area contributed by atoms with Gasteiger partial charge in [0.25, 0.3) is 6.43 Å². The van der Waals surface area contributed by atoms with Gasteiger partial charge in [0.2, 0.25) is 5.91 Å². The minimum Gasteiger partial charge on any atom is -0.383 e. The van der Waals surface area contributed by atoms with E-state index in [0.717, 1.165) is 30.2 Å². The fraction of sp³-hybridized carbons (Fsp3) is 0.281. The number of nitrogens with one attached hydrogen (secondary N) is 1. The first-order valence-corrected chi connectivity index (χ1v) is 14.6. The Morgan fingerprint density at radius 2 is 2.00 bits per heavy atom. The largest absolute Gasteiger partial charge is 0.383 e. The van der Waals surface area contributed by atoms with Gasteiger partial charge < -0.3 is 16.0 Å². The summed E-state index contributed by atoms with van der Waals surface area (Å²) in [4.78, 5) is 27.5. The molecule has 0 bridgehead atoms. The number of fused-ring (bicyclic) bond motifs is 2. The predicted molar refractivity (Wildman–Crippen MR) is 163 cm³/mol. The molecule has 1 fully saturated rings. The van der Waals surface area contributed by atoms with Crippen LogP contribution in [-0.4, -0.2) is 65.2 Å². The van der Waals surface area contributed by atoms with Crippen molar-refractivity contribution in [2.45, 2.75) is 50.2 Å². The Balaban J connectivity index is 1.22. The maximum absolute atomic E-state index is 13.9. The van der Waals surface area contributed by atoms with E-state index in [1.54, 1.807) is 17.1 Å². The molecule has 1 aliphatic heterocycles. The highest BCUT2D eigenvalue weighted by atomic mass is 19.3. The van der Waals surface area contributed by atoms with Crippen LogP contribution in [0.5, 0.6) is 0 Å². The molecule has 10 nitrogen and oxygen atoms in total. The molecule has 0 spiro atoms. The summed E-state index contributed by atoms with van der Waals surface area (Å²) in [5.74, 6) is 1.20. The number of nitrogens with two attached hydrogens (primary N) is 1. The van der Waals surface area contributed by atoms with Gasteiger partial charge in [-0.2, -0.15) is 5.10 Å². The number of pyridine rings is 2. The zero-order chi connectivity index (χ0) is 30.4. The van der Waals surface area contributed by atoms with E-state index < -0.39 is 18.4 Å². The van der Waals surface area contributed by atoms with Crippen molar-refractivity contribution in [2.24, 2.45) is 0 Å². The molecule has 0 saturated carbocycles. The number of hydrogen-bond donors (Lipinski definition) is 2. The summed E-state index contributed by atoms with van der Waals surface area (Å²) in [5, 5.41) is 7.96. The van der Waals surface area contributed by atoms with Crippen LogP contribution in [0.4, 0.5) is 14.6 Å². The van der Waals surface area contributed by atoms with Crippen molar-refractivity contribution in [3.05, 3.63) is 90.9 Å². The summed E-state index contributed by atoms with van der Waals surface area (Å²) in [7, 11) is 0. The Bertz CT molecular complexity index is 1850. The Kier molecular flexibility index (Phi) is 7.13. The summed E-state index contributed by atoms with van der Waals surface area (Å²) < 4.78 is 31.5. The molecule has 1 amide bonds. The van der Waals surface area contributed by atoms with Crippen LogP contribution < -0.4 is 11.1 Å². The number of aromatic nitrogens is 6. The number of nitrogens with zero attached hydrogens (tertiary/aromatic N) is 7. The predicted octanol–water partition coefficient (Wildman–Crippen LogP) is 4.64. The monoisotopic (exact) mass is 595 g/mol. The summed E-state index contributed by atoms with van der Waals surface area (Å²) in [5.41, 5.74) is 11.5. The summed E-state index contributed by atoms with van der Waals surface area (Å²) in [6.45, 7) is 3.74. The van der Waals surface area contributed by atoms with Crippen molar-refractivity contribution < 1.29 is 13.6 Å². The number of carbonyl (C=O) groups is 1. The van der Waals surface area contributed by atoms with Crippen molar-refractivity contribution >= 4 is 22.9 Å². The van der Waals surface area contributed by atoms with Crippen LogP contribution in [0.3, 0.4) is 0 Å². The van der Waals surface area contributed by atoms with Crippen LogP contribution in [0.25, 0.3) is 34.1 Å². The van der Waals surface area contributed by atoms with Crippen LogP contribution in [0.2, 0.25) is 0 Å². The third kappa shape index (κ3) is 4.90. The van der Waals surface area contributed by atoms with Gasteiger partial charge >= 0.3 is 0 Å². The third-order valence-electron chi connectivity index (χ3n) is 8.60. The highest BCUT2D eigenvalue weighted by molar-refractivity contribution is 5.87. The van der Waals surface area contributed by atoms with Crippen molar-refractivity contribution in [2.75, 3.05) is 12.3 Å². The molecule has 7 rings (SSSR count). The number of amides is 1. The second-order valence-electron chi connectivity index (χ2n) is 11.2. The molecule has 44 heavy (non-hydrogen) atoms. The number of rotatable bonds is 7. The minimum absolute atomic E-state index is 0.0292. The number of benzene rings is 1. The zero-order valence-corrected chi connectivity index (χ0v) is 23.9. The van der Waals surface area contributed by atoms with Gasteiger partial charge in [0.1, 0.15) is 11.3 Å². The SMILES string of the molecule is C=CC(=O)N1CCC(N[C@H]2CCc3cc(-n4c(-c5cccnc5N)nc5ccc(-n6cccn6)nc54)ccc32)C[C@H]1C(F)F. The summed E-state index contributed by atoms with van der Waals surface area (Å²) in [6, 6.07) is 14.4. The van der Waals surface area contributed by atoms with Crippen LogP contribution >= 0.6 is 0 Å². The van der Waals surface area contributed by atoms with E-state index in [1.165, 1.54) is 10.5 Å². The molecule has 224 valence electrons. The first-order valence-electron chi connectivity index (χ1n) is 14.6. The molecule has 5 aromatic rings. The molecular formula is C32H31F2N9O. The first-order chi connectivity index (χ1) is 21.4. The lowest BCUT2D eigenvalue weighted by Gasteiger charge is -2.39. The van der Waals surface area contributed by atoms with Gasteiger partial charge in [-0.25, -0.2) is 28.4 Å². The smallest absolute Gasteiger partial charge is 0.258 e. The van der Waals surface area contributed by atoms with Gasteiger partial charge in [-0.1, -0.05) is 12.6 Å². The standard InChI is InChI=1S/C32H31F2N9O/c1-2-28(44)41-16-12-20(18-26(41)29(33)34)38-24-9-6-19-17-21(7-8-22(19)24)43-31(23-5-3-13-36-30(23)35)39-25-10-11-27(40-32(25)43)42-15-4-14-37-42/h2-5,7-8,10-11,13-15,17,20,24,26,29,38H,1,6,9,12,16,18H2,(H2,35,36)/t20?,24-,26-/m0/s1. The molecule has 12 heteroatoms. The van der Waals surface area contributed by atoms with E-state index >= 15 is 0 Å². The molecule has 2 aliphatic rings. The summed E-state index contributed by atoms with van der Waals surface area (Å²) in [6.07, 6.45) is 6.16. The molecule has 1 unspecified atom stereocenters. The number of nitrogen functional groups attached to an aromatic ring is 1. The van der Waals surface area contributed by atoms with Crippen molar-refractivity contribution in [3.8, 4) is 22.9 Å². The fourth-order valence-electron chi connectivity index (χ4n) is 6.49. The number of imidazole rings is 1. The molecule has 0 radical (unpaired) electrons. The van der Waals surface area contributed by atoms with Gasteiger partial charge in [-0.05, 0) is 85.4 Å². The molecule has 3 atom stereocenters. The van der Waals surface area contributed by atoms with Crippen LogP contribution in [-0.2, 0) is 11.2 Å². The van der Waals surface area contributed by atoms with E-state index in [0.29, 0.717) is 40.6 Å². The van der Waals surface area contributed by atoms with Gasteiger partial charge in [0.05, 0.1) is 11.6 Å². The number of carbonyl (C=O) groups excluding carboxylic acids is 1. The minimum atomic E-state index is -2.61. The van der Waals surface area contributed by atoms with Crippen molar-refractivity contribution in [1.82, 2.24) is 39.5 Å². The number of likely N-dealkylation sites (tertiary alicyclic amines) is 1. The number of halogens is 2. The average molecular weight is 596 g/mol. The molecule has 1 saturated heterocycles. The Labute approximate surface area is 252 Å². The van der Waals surface area contributed by atoms with Crippen molar-refractivity contribution in [1.29, 1.82) is 0 Å². The third-order valence-corrected chi connectivity index (χ3v) is 8.60. The van der Waals surface area contributed by atoms with Gasteiger partial charge in [-0.3, -0.25) is 9.36 Å². The molecule has 4 aromatic heterocycles. The zero-order valence-electron chi connectivity index (χ0n) is 23.9. The molecular weight excluding hydrogens is 564 g/mol. The van der Waals surface area contributed by atoms with E-state index in [-0.39, 0.29) is 25.0 Å². The second kappa shape index (κ2) is 11.3. The average Bonchev–Trinajstić information content (AvgIpc) is 3.79. The molecule has 5 heterocycles. The summed E-state index contributed by atoms with van der Waals surface area (Å²) >= 11 is 0. The number of piperidine rings is 1. The van der Waals surface area contributed by atoms with E-state index in [1.807, 2.05) is 47.2 Å². The highest BCUT2D eigenvalue weighted by Crippen LogP contribution is 2.37. The second-order valence-corrected chi connectivity index (χ2v) is 11.2. The van der Waals surface area contributed by atoms with Gasteiger partial charge in [-0.15, -0.1) is 0 Å². The van der Waals surface area contributed by atoms with Gasteiger partial charge in [0.15, 0.2) is 17.3 Å². The van der Waals surface area contributed by atoms with E-state index in [9.17, 15) is 13.6 Å². The maximum Gasteiger partial charge on any atom is 0.258 e. The molecule has 1 aliphatic carbocycles. The topological polar surface area (TPSA) is 120 Å². The number of anilines is 1. The van der Waals surface area contributed by atoms with Crippen LogP contribution in [0.1, 0.15) is 36.4 Å². The number of hydrogen-bond acceptors (Lipinski definition) is 7. The van der Waals surface area contributed by atoms with Crippen molar-refractivity contribution in [3.63, 3.8) is 0 Å². The van der Waals surface area contributed by atoms with Crippen LogP contribution in [0.15, 0.2) is 79.8 Å². The highest BCUT2D eigenvalue weighted by Gasteiger charge is 2.37. The lowest BCUT2D eigenvalue weighted by molar-refractivity contribution is -0.134. The fourth-order valence-corrected chi connectivity index (χ4v) is 6.49. The van der Waals surface area contributed by atoms with Gasteiger partial charge in [0, 0.05) is 42.9 Å². The Morgan fingerprint density at radius 3 is 2.77 bits per heavy atom. The maximum atomic E-state index is 13.9. The lowest BCUT2D eigenvalue weighted by Crippen LogP contribution is -2.53. The van der Waals surface area contributed by atoms with E-state index in [2.05, 4.69) is 34.1 Å². The first kappa shape index (κ1) is 27.8. The number of alkyl halides is 2. The normalized spacial score (nSPS) is 19.9. The van der Waals surface area contributed by atoms with E-state index in [4.69, 9.17) is 15.7 Å². The van der Waals surface area contributed by atoms with Crippen LogP contribution in [0, 0.1) is 0 Å². The number of aryl methyl sites for hydroxylation is 1. The quantitative estimate of drug-likeness (QED) is 0.263. The molecule has 3 N–H and O–H groups in total. The molecule has 1 aromatic carbocycles. The Hall–Kier alpha value is -4.97. The lowest BCUT2D eigenvalue weighted by atomic mass is 9.95. The Morgan fingerprint density at radius 1 is 1.11 bits per heavy atom.